The van der Waals surface area contributed by atoms with E-state index in [0.717, 1.165) is 0 Å². The number of ether oxygens (including phenoxy) is 1. The molecule has 12 heavy (non-hydrogen) atoms. The van der Waals surface area contributed by atoms with E-state index >= 15 is 0 Å². The van der Waals surface area contributed by atoms with Gasteiger partial charge in [0.15, 0.2) is 0 Å². The maximum Gasteiger partial charge on any atom is 0.269 e. The van der Waals surface area contributed by atoms with Crippen LogP contribution in [0.2, 0.25) is 0 Å². The van der Waals surface area contributed by atoms with Crippen molar-refractivity contribution >= 4 is 21.8 Å². The molecule has 2 N–H and O–H groups in total. The normalized spacial score (nSPS) is 12.1. The lowest BCUT2D eigenvalue weighted by atomic mass is 10.3. The summed E-state index contributed by atoms with van der Waals surface area (Å²) in [5.74, 6) is 0.0667. The maximum absolute atomic E-state index is 10.6. The minimum absolute atomic E-state index is 0.543. The quantitative estimate of drug-likeness (QED) is 0.795. The SMILES string of the molecule is NC(=O)C(Br)Oc1ccccc1. The first-order chi connectivity index (χ1) is 5.70. The van der Waals surface area contributed by atoms with E-state index in [9.17, 15) is 4.79 Å². The van der Waals surface area contributed by atoms with E-state index in [1.165, 1.54) is 0 Å². The molecule has 0 bridgehead atoms. The van der Waals surface area contributed by atoms with Crippen molar-refractivity contribution in [3.63, 3.8) is 0 Å². The molecule has 0 aliphatic carbocycles. The number of alkyl halides is 1. The van der Waals surface area contributed by atoms with E-state index in [2.05, 4.69) is 15.9 Å². The number of hydrogen-bond acceptors (Lipinski definition) is 2. The number of nitrogens with two attached hydrogens (primary N) is 1. The summed E-state index contributed by atoms with van der Waals surface area (Å²) < 4.78 is 5.12. The van der Waals surface area contributed by atoms with E-state index in [1.807, 2.05) is 18.2 Å². The topological polar surface area (TPSA) is 52.3 Å². The summed E-state index contributed by atoms with van der Waals surface area (Å²) in [7, 11) is 0. The monoisotopic (exact) mass is 229 g/mol. The fraction of sp³-hybridized carbons (Fsp3) is 0.125. The van der Waals surface area contributed by atoms with Crippen LogP contribution in [-0.2, 0) is 4.79 Å². The van der Waals surface area contributed by atoms with Crippen LogP contribution in [0.5, 0.6) is 5.75 Å². The number of amides is 1. The number of carbonyl (C=O) groups excluding carboxylic acids is 1. The predicted octanol–water partition coefficient (Wildman–Crippen LogP) is 1.27. The first-order valence-electron chi connectivity index (χ1n) is 3.35. The molecule has 64 valence electrons. The minimum atomic E-state index is -0.764. The summed E-state index contributed by atoms with van der Waals surface area (Å²) in [5, 5.41) is -0.764. The third-order valence-corrected chi connectivity index (χ3v) is 1.84. The molecule has 0 fully saturated rings. The molecule has 0 aromatic heterocycles. The van der Waals surface area contributed by atoms with Gasteiger partial charge in [-0.2, -0.15) is 0 Å². The summed E-state index contributed by atoms with van der Waals surface area (Å²) >= 11 is 2.98. The number of rotatable bonds is 3. The molecule has 0 saturated heterocycles. The molecule has 3 nitrogen and oxygen atoms in total. The van der Waals surface area contributed by atoms with Gasteiger partial charge in [0.1, 0.15) is 5.75 Å². The average Bonchev–Trinajstić information content (AvgIpc) is 2.06. The summed E-state index contributed by atoms with van der Waals surface area (Å²) in [6, 6.07) is 8.99. The summed E-state index contributed by atoms with van der Waals surface area (Å²) in [6.07, 6.45) is 0. The highest BCUT2D eigenvalue weighted by Crippen LogP contribution is 2.13. The van der Waals surface area contributed by atoms with Crippen molar-refractivity contribution in [3.8, 4) is 5.75 Å². The van der Waals surface area contributed by atoms with Gasteiger partial charge in [0.05, 0.1) is 0 Å². The zero-order valence-corrected chi connectivity index (χ0v) is 7.82. The van der Waals surface area contributed by atoms with Gasteiger partial charge >= 0.3 is 0 Å². The van der Waals surface area contributed by atoms with Crippen molar-refractivity contribution in [2.45, 2.75) is 5.01 Å². The minimum Gasteiger partial charge on any atom is -0.469 e. The lowest BCUT2D eigenvalue weighted by Gasteiger charge is -2.08. The zero-order chi connectivity index (χ0) is 8.97. The first kappa shape index (κ1) is 9.06. The fourth-order valence-corrected chi connectivity index (χ4v) is 0.892. The highest BCUT2D eigenvalue weighted by Gasteiger charge is 2.11. The molecule has 1 atom stereocenters. The van der Waals surface area contributed by atoms with Gasteiger partial charge in [0, 0.05) is 0 Å². The Balaban J connectivity index is 2.58. The van der Waals surface area contributed by atoms with E-state index in [-0.39, 0.29) is 0 Å². The Kier molecular flexibility index (Phi) is 3.10. The molecule has 1 rings (SSSR count). The van der Waals surface area contributed by atoms with Crippen molar-refractivity contribution in [2.24, 2.45) is 5.73 Å². The van der Waals surface area contributed by atoms with Gasteiger partial charge in [-0.25, -0.2) is 0 Å². The molecule has 1 aromatic carbocycles. The number of primary amides is 1. The molecule has 0 aliphatic heterocycles. The van der Waals surface area contributed by atoms with Crippen LogP contribution in [0.15, 0.2) is 30.3 Å². The van der Waals surface area contributed by atoms with Crippen molar-refractivity contribution in [1.29, 1.82) is 0 Å². The number of para-hydroxylation sites is 1. The van der Waals surface area contributed by atoms with Crippen molar-refractivity contribution in [3.05, 3.63) is 30.3 Å². The van der Waals surface area contributed by atoms with Crippen LogP contribution < -0.4 is 10.5 Å². The van der Waals surface area contributed by atoms with Gasteiger partial charge in [-0.15, -0.1) is 0 Å². The lowest BCUT2D eigenvalue weighted by Crippen LogP contribution is -2.27. The van der Waals surface area contributed by atoms with Crippen molar-refractivity contribution in [2.75, 3.05) is 0 Å². The summed E-state index contributed by atoms with van der Waals surface area (Å²) in [5.41, 5.74) is 4.97. The third kappa shape index (κ3) is 2.54. The number of halogens is 1. The Morgan fingerprint density at radius 2 is 2.00 bits per heavy atom. The van der Waals surface area contributed by atoms with Gasteiger partial charge in [-0.3, -0.25) is 4.79 Å². The van der Waals surface area contributed by atoms with Gasteiger partial charge in [-0.05, 0) is 28.1 Å². The largest absolute Gasteiger partial charge is 0.469 e. The zero-order valence-electron chi connectivity index (χ0n) is 6.24. The second-order valence-electron chi connectivity index (χ2n) is 2.15. The van der Waals surface area contributed by atoms with Crippen LogP contribution in [0.25, 0.3) is 0 Å². The van der Waals surface area contributed by atoms with Crippen LogP contribution in [0.3, 0.4) is 0 Å². The number of hydrogen-bond donors (Lipinski definition) is 1. The fourth-order valence-electron chi connectivity index (χ4n) is 0.677. The third-order valence-electron chi connectivity index (χ3n) is 1.21. The van der Waals surface area contributed by atoms with Crippen LogP contribution in [0.4, 0.5) is 0 Å². The maximum atomic E-state index is 10.6. The van der Waals surface area contributed by atoms with E-state index in [4.69, 9.17) is 10.5 Å². The van der Waals surface area contributed by atoms with Gasteiger partial charge < -0.3 is 10.5 Å². The molecular weight excluding hydrogens is 222 g/mol. The van der Waals surface area contributed by atoms with Gasteiger partial charge in [0.2, 0.25) is 5.01 Å². The number of benzene rings is 1. The second-order valence-corrected chi connectivity index (χ2v) is 2.98. The highest BCUT2D eigenvalue weighted by molar-refractivity contribution is 9.09. The molecule has 0 saturated carbocycles. The lowest BCUT2D eigenvalue weighted by molar-refractivity contribution is -0.121. The smallest absolute Gasteiger partial charge is 0.269 e. The van der Waals surface area contributed by atoms with Crippen molar-refractivity contribution < 1.29 is 9.53 Å². The molecule has 0 aliphatic rings. The Hall–Kier alpha value is -1.03. The van der Waals surface area contributed by atoms with Crippen molar-refractivity contribution in [1.82, 2.24) is 0 Å². The molecule has 0 radical (unpaired) electrons. The van der Waals surface area contributed by atoms with Crippen LogP contribution >= 0.6 is 15.9 Å². The second kappa shape index (κ2) is 4.11. The molecule has 0 heterocycles. The Bertz CT molecular complexity index is 263. The highest BCUT2D eigenvalue weighted by atomic mass is 79.9. The Morgan fingerprint density at radius 1 is 1.42 bits per heavy atom. The molecule has 4 heteroatoms. The molecular formula is C8H8BrNO2. The van der Waals surface area contributed by atoms with Gasteiger partial charge in [-0.1, -0.05) is 18.2 Å². The first-order valence-corrected chi connectivity index (χ1v) is 4.27. The summed E-state index contributed by atoms with van der Waals surface area (Å²) in [4.78, 5) is 10.6. The van der Waals surface area contributed by atoms with Gasteiger partial charge in [0.25, 0.3) is 5.91 Å². The van der Waals surface area contributed by atoms with E-state index < -0.39 is 10.9 Å². The predicted molar refractivity (Wildman–Crippen MR) is 49.0 cm³/mol. The van der Waals surface area contributed by atoms with Crippen LogP contribution in [0.1, 0.15) is 0 Å². The molecule has 0 spiro atoms. The Labute approximate surface area is 78.6 Å². The Morgan fingerprint density at radius 3 is 2.50 bits per heavy atom. The number of carbonyl (C=O) groups is 1. The molecule has 1 aromatic rings. The van der Waals surface area contributed by atoms with E-state index in [1.54, 1.807) is 12.1 Å². The summed E-state index contributed by atoms with van der Waals surface area (Å²) in [6.45, 7) is 0. The van der Waals surface area contributed by atoms with Crippen LogP contribution in [-0.4, -0.2) is 10.9 Å². The standard InChI is InChI=1S/C8H8BrNO2/c9-7(8(10)11)12-6-4-2-1-3-5-6/h1-5,7H,(H2,10,11). The van der Waals surface area contributed by atoms with Crippen LogP contribution in [0, 0.1) is 0 Å². The average molecular weight is 230 g/mol. The molecule has 1 unspecified atom stereocenters. The van der Waals surface area contributed by atoms with E-state index in [0.29, 0.717) is 5.75 Å². The molecule has 1 amide bonds.